The molecule has 0 aromatic heterocycles. The predicted octanol–water partition coefficient (Wildman–Crippen LogP) is 1.84. The molecule has 0 bridgehead atoms. The fourth-order valence-corrected chi connectivity index (χ4v) is 0.323. The van der Waals surface area contributed by atoms with E-state index >= 15 is 0 Å². The van der Waals surface area contributed by atoms with Gasteiger partial charge in [0.05, 0.1) is 0 Å². The number of hydrogen-bond acceptors (Lipinski definition) is 1. The molecule has 0 saturated carbocycles. The molecule has 0 spiro atoms. The molecular formula is C6H9FO. The summed E-state index contributed by atoms with van der Waals surface area (Å²) in [5.41, 5.74) is 0. The van der Waals surface area contributed by atoms with Gasteiger partial charge in [-0.1, -0.05) is 6.92 Å². The molecule has 0 radical (unpaired) electrons. The van der Waals surface area contributed by atoms with E-state index in [0.717, 1.165) is 0 Å². The van der Waals surface area contributed by atoms with E-state index in [1.165, 1.54) is 13.0 Å². The lowest BCUT2D eigenvalue weighted by Crippen LogP contribution is -1.87. The fourth-order valence-electron chi connectivity index (χ4n) is 0.323. The fraction of sp³-hybridized carbons (Fsp3) is 0.500. The van der Waals surface area contributed by atoms with Crippen LogP contribution in [-0.4, -0.2) is 5.78 Å². The second kappa shape index (κ2) is 3.36. The number of Topliss-reactive ketones (excluding diaryl/α,β-unsaturated/α-hetero) is 1. The molecule has 0 aliphatic carbocycles. The van der Waals surface area contributed by atoms with Crippen LogP contribution in [0.2, 0.25) is 0 Å². The molecular weight excluding hydrogens is 107 g/mol. The standard InChI is InChI=1S/C6H9FO/c1-3-4-6(7)5(2)8/h4H,3H2,1-2H3/b6-4+. The summed E-state index contributed by atoms with van der Waals surface area (Å²) in [7, 11) is 0. The van der Waals surface area contributed by atoms with Crippen LogP contribution < -0.4 is 0 Å². The Morgan fingerprint density at radius 3 is 2.38 bits per heavy atom. The monoisotopic (exact) mass is 116 g/mol. The summed E-state index contributed by atoms with van der Waals surface area (Å²) in [4.78, 5) is 10.1. The molecule has 0 fully saturated rings. The van der Waals surface area contributed by atoms with Crippen molar-refractivity contribution in [1.82, 2.24) is 0 Å². The van der Waals surface area contributed by atoms with E-state index < -0.39 is 11.6 Å². The first-order valence-corrected chi connectivity index (χ1v) is 2.55. The van der Waals surface area contributed by atoms with Gasteiger partial charge < -0.3 is 0 Å². The van der Waals surface area contributed by atoms with Crippen molar-refractivity contribution in [3.63, 3.8) is 0 Å². The van der Waals surface area contributed by atoms with Gasteiger partial charge in [-0.25, -0.2) is 4.39 Å². The minimum absolute atomic E-state index is 0.494. The Kier molecular flexibility index (Phi) is 3.08. The minimum atomic E-state index is -0.632. The number of carbonyl (C=O) groups excluding carboxylic acids is 1. The van der Waals surface area contributed by atoms with Gasteiger partial charge in [-0.05, 0) is 12.5 Å². The average Bonchev–Trinajstić information content (AvgIpc) is 1.67. The van der Waals surface area contributed by atoms with E-state index in [2.05, 4.69) is 0 Å². The second-order valence-corrected chi connectivity index (χ2v) is 1.52. The minimum Gasteiger partial charge on any atom is -0.292 e. The van der Waals surface area contributed by atoms with Gasteiger partial charge in [0.25, 0.3) is 0 Å². The third kappa shape index (κ3) is 2.50. The number of allylic oxidation sites excluding steroid dienone is 2. The van der Waals surface area contributed by atoms with Gasteiger partial charge in [-0.15, -0.1) is 0 Å². The number of halogens is 1. The smallest absolute Gasteiger partial charge is 0.187 e. The lowest BCUT2D eigenvalue weighted by atomic mass is 10.3. The normalized spacial score (nSPS) is 11.6. The third-order valence-electron chi connectivity index (χ3n) is 0.720. The molecule has 0 rings (SSSR count). The summed E-state index contributed by atoms with van der Waals surface area (Å²) in [6.07, 6.45) is 1.84. The van der Waals surface area contributed by atoms with Crippen LogP contribution in [0.25, 0.3) is 0 Å². The van der Waals surface area contributed by atoms with E-state index in [1.807, 2.05) is 0 Å². The molecule has 0 saturated heterocycles. The maximum Gasteiger partial charge on any atom is 0.187 e. The molecule has 46 valence electrons. The van der Waals surface area contributed by atoms with Gasteiger partial charge in [-0.2, -0.15) is 0 Å². The summed E-state index contributed by atoms with van der Waals surface area (Å²) < 4.78 is 12.0. The Morgan fingerprint density at radius 2 is 2.25 bits per heavy atom. The van der Waals surface area contributed by atoms with Crippen LogP contribution >= 0.6 is 0 Å². The van der Waals surface area contributed by atoms with Gasteiger partial charge in [-0.3, -0.25) is 4.79 Å². The van der Waals surface area contributed by atoms with Crippen LogP contribution in [0.15, 0.2) is 11.9 Å². The lowest BCUT2D eigenvalue weighted by molar-refractivity contribution is -0.114. The Bertz CT molecular complexity index is 116. The molecule has 0 amide bonds. The summed E-state index contributed by atoms with van der Waals surface area (Å²) >= 11 is 0. The number of carbonyl (C=O) groups is 1. The third-order valence-corrected chi connectivity index (χ3v) is 0.720. The Hall–Kier alpha value is -0.660. The molecule has 0 aromatic carbocycles. The summed E-state index contributed by atoms with van der Waals surface area (Å²) in [6.45, 7) is 2.99. The first-order chi connectivity index (χ1) is 3.68. The van der Waals surface area contributed by atoms with Crippen molar-refractivity contribution in [2.75, 3.05) is 0 Å². The lowest BCUT2D eigenvalue weighted by Gasteiger charge is -1.83. The molecule has 0 atom stereocenters. The highest BCUT2D eigenvalue weighted by Crippen LogP contribution is 1.97. The van der Waals surface area contributed by atoms with Gasteiger partial charge in [0.2, 0.25) is 0 Å². The Balaban J connectivity index is 3.80. The Labute approximate surface area is 48.2 Å². The van der Waals surface area contributed by atoms with E-state index in [9.17, 15) is 9.18 Å². The summed E-state index contributed by atoms with van der Waals surface area (Å²) in [6, 6.07) is 0. The summed E-state index contributed by atoms with van der Waals surface area (Å²) in [5.74, 6) is -1.13. The van der Waals surface area contributed by atoms with E-state index in [0.29, 0.717) is 6.42 Å². The van der Waals surface area contributed by atoms with Crippen LogP contribution in [0.4, 0.5) is 4.39 Å². The zero-order chi connectivity index (χ0) is 6.57. The SMILES string of the molecule is CC/C=C(/F)C(C)=O. The highest BCUT2D eigenvalue weighted by Gasteiger charge is 1.96. The van der Waals surface area contributed by atoms with Crippen LogP contribution in [0.5, 0.6) is 0 Å². The molecule has 1 nitrogen and oxygen atoms in total. The molecule has 8 heavy (non-hydrogen) atoms. The second-order valence-electron chi connectivity index (χ2n) is 1.52. The number of hydrogen-bond donors (Lipinski definition) is 0. The largest absolute Gasteiger partial charge is 0.292 e. The average molecular weight is 116 g/mol. The van der Waals surface area contributed by atoms with Gasteiger partial charge in [0.1, 0.15) is 0 Å². The topological polar surface area (TPSA) is 17.1 Å². The Morgan fingerprint density at radius 1 is 1.75 bits per heavy atom. The first-order valence-electron chi connectivity index (χ1n) is 2.55. The highest BCUT2D eigenvalue weighted by molar-refractivity contribution is 5.90. The van der Waals surface area contributed by atoms with Gasteiger partial charge >= 0.3 is 0 Å². The predicted molar refractivity (Wildman–Crippen MR) is 30.2 cm³/mol. The molecule has 0 heterocycles. The maximum atomic E-state index is 12.0. The van der Waals surface area contributed by atoms with Crippen LogP contribution in [0.1, 0.15) is 20.3 Å². The van der Waals surface area contributed by atoms with Crippen molar-refractivity contribution in [2.45, 2.75) is 20.3 Å². The molecule has 0 aliphatic heterocycles. The van der Waals surface area contributed by atoms with Crippen LogP contribution in [0.3, 0.4) is 0 Å². The quantitative estimate of drug-likeness (QED) is 0.503. The van der Waals surface area contributed by atoms with Gasteiger partial charge in [0.15, 0.2) is 11.6 Å². The van der Waals surface area contributed by atoms with Crippen molar-refractivity contribution in [2.24, 2.45) is 0 Å². The zero-order valence-corrected chi connectivity index (χ0v) is 5.07. The van der Waals surface area contributed by atoms with Crippen molar-refractivity contribution in [1.29, 1.82) is 0 Å². The molecule has 0 N–H and O–H groups in total. The first kappa shape index (κ1) is 7.34. The van der Waals surface area contributed by atoms with Crippen LogP contribution in [0, 0.1) is 0 Å². The summed E-state index contributed by atoms with van der Waals surface area (Å²) in [5, 5.41) is 0. The highest BCUT2D eigenvalue weighted by atomic mass is 19.1. The molecule has 0 aliphatic rings. The van der Waals surface area contributed by atoms with Crippen molar-refractivity contribution in [3.05, 3.63) is 11.9 Å². The molecule has 0 unspecified atom stereocenters. The van der Waals surface area contributed by atoms with Gasteiger partial charge in [0, 0.05) is 6.92 Å². The van der Waals surface area contributed by atoms with E-state index in [1.54, 1.807) is 6.92 Å². The van der Waals surface area contributed by atoms with Crippen molar-refractivity contribution < 1.29 is 9.18 Å². The van der Waals surface area contributed by atoms with Crippen LogP contribution in [-0.2, 0) is 4.79 Å². The van der Waals surface area contributed by atoms with Crippen molar-refractivity contribution in [3.8, 4) is 0 Å². The zero-order valence-electron chi connectivity index (χ0n) is 5.07. The number of rotatable bonds is 2. The van der Waals surface area contributed by atoms with E-state index in [4.69, 9.17) is 0 Å². The number of ketones is 1. The van der Waals surface area contributed by atoms with E-state index in [-0.39, 0.29) is 0 Å². The molecule has 2 heteroatoms. The maximum absolute atomic E-state index is 12.0. The van der Waals surface area contributed by atoms with Crippen molar-refractivity contribution >= 4 is 5.78 Å². The molecule has 0 aromatic rings.